The van der Waals surface area contributed by atoms with Gasteiger partial charge in [-0.05, 0) is 73.6 Å². The lowest BCUT2D eigenvalue weighted by Gasteiger charge is -2.26. The number of benzene rings is 2. The lowest BCUT2D eigenvalue weighted by Crippen LogP contribution is -2.39. The molecule has 0 fully saturated rings. The second kappa shape index (κ2) is 9.45. The zero-order valence-electron chi connectivity index (χ0n) is 17.9. The van der Waals surface area contributed by atoms with Crippen LogP contribution in [0.4, 0.5) is 4.39 Å². The van der Waals surface area contributed by atoms with Crippen LogP contribution in [0.3, 0.4) is 0 Å². The number of carboxylic acids is 1. The summed E-state index contributed by atoms with van der Waals surface area (Å²) in [4.78, 5) is 24.5. The average Bonchev–Trinajstić information content (AvgIpc) is 3.06. The first kappa shape index (κ1) is 22.5. The Morgan fingerprint density at radius 2 is 2.09 bits per heavy atom. The van der Waals surface area contributed by atoms with Gasteiger partial charge in [0.05, 0.1) is 0 Å². The Labute approximate surface area is 194 Å². The van der Waals surface area contributed by atoms with E-state index in [4.69, 9.17) is 0 Å². The predicted octanol–water partition coefficient (Wildman–Crippen LogP) is 5.18. The van der Waals surface area contributed by atoms with Crippen molar-refractivity contribution in [2.45, 2.75) is 57.5 Å². The van der Waals surface area contributed by atoms with Crippen molar-refractivity contribution in [2.24, 2.45) is 0 Å². The van der Waals surface area contributed by atoms with E-state index in [1.807, 2.05) is 35.8 Å². The molecule has 0 radical (unpaired) electrons. The average molecular weight is 501 g/mol. The third kappa shape index (κ3) is 4.58. The first-order valence-corrected chi connectivity index (χ1v) is 11.7. The van der Waals surface area contributed by atoms with Crippen LogP contribution in [-0.4, -0.2) is 27.6 Å². The number of aliphatic carboxylic acids is 1. The van der Waals surface area contributed by atoms with E-state index in [0.29, 0.717) is 32.1 Å². The minimum absolute atomic E-state index is 0.00897. The van der Waals surface area contributed by atoms with Gasteiger partial charge in [0, 0.05) is 33.5 Å². The lowest BCUT2D eigenvalue weighted by molar-refractivity contribution is -0.141. The lowest BCUT2D eigenvalue weighted by atomic mass is 9.91. The van der Waals surface area contributed by atoms with Gasteiger partial charge in [-0.2, -0.15) is 0 Å². The van der Waals surface area contributed by atoms with E-state index in [1.165, 1.54) is 12.1 Å². The summed E-state index contributed by atoms with van der Waals surface area (Å²) in [5, 5.41) is 13.6. The third-order valence-electron chi connectivity index (χ3n) is 6.24. The van der Waals surface area contributed by atoms with E-state index in [-0.39, 0.29) is 17.8 Å². The molecule has 2 atom stereocenters. The van der Waals surface area contributed by atoms with Crippen LogP contribution in [0.15, 0.2) is 46.9 Å². The minimum Gasteiger partial charge on any atom is -0.480 e. The van der Waals surface area contributed by atoms with Gasteiger partial charge < -0.3 is 15.0 Å². The smallest absolute Gasteiger partial charge is 0.326 e. The quantitative estimate of drug-likeness (QED) is 0.469. The molecule has 0 saturated carbocycles. The Bertz CT molecular complexity index is 1170. The molecule has 2 unspecified atom stereocenters. The second-order valence-corrected chi connectivity index (χ2v) is 9.27. The number of carboxylic acid groups (broad SMARTS) is 1. The van der Waals surface area contributed by atoms with Crippen molar-refractivity contribution in [1.82, 2.24) is 9.88 Å². The molecule has 1 aliphatic carbocycles. The molecular formula is C25H26BrFN2O3. The van der Waals surface area contributed by atoms with Gasteiger partial charge in [-0.3, -0.25) is 4.79 Å². The molecule has 0 spiro atoms. The van der Waals surface area contributed by atoms with E-state index in [0.717, 1.165) is 38.6 Å². The maximum atomic E-state index is 14.1. The highest BCUT2D eigenvalue weighted by atomic mass is 79.9. The first-order valence-electron chi connectivity index (χ1n) is 10.9. The Hall–Kier alpha value is -2.67. The monoisotopic (exact) mass is 500 g/mol. The number of nitrogens with one attached hydrogen (secondary N) is 1. The van der Waals surface area contributed by atoms with Crippen LogP contribution < -0.4 is 5.32 Å². The molecule has 0 bridgehead atoms. The number of rotatable bonds is 7. The number of fused-ring (bicyclic) bond motifs is 3. The summed E-state index contributed by atoms with van der Waals surface area (Å²) >= 11 is 3.45. The number of halogens is 2. The first-order chi connectivity index (χ1) is 15.4. The van der Waals surface area contributed by atoms with E-state index in [2.05, 4.69) is 21.2 Å². The molecule has 4 rings (SSSR count). The van der Waals surface area contributed by atoms with Gasteiger partial charge >= 0.3 is 5.97 Å². The number of carbonyl (C=O) groups is 2. The molecule has 1 heterocycles. The molecule has 2 N–H and O–H groups in total. The molecule has 2 aromatic carbocycles. The topological polar surface area (TPSA) is 71.3 Å². The Morgan fingerprint density at radius 1 is 1.28 bits per heavy atom. The highest BCUT2D eigenvalue weighted by molar-refractivity contribution is 9.10. The third-order valence-corrected chi connectivity index (χ3v) is 6.73. The normalized spacial score (nSPS) is 16.5. The maximum absolute atomic E-state index is 14.1. The fourth-order valence-corrected chi connectivity index (χ4v) is 5.21. The van der Waals surface area contributed by atoms with Crippen LogP contribution in [0.25, 0.3) is 10.9 Å². The van der Waals surface area contributed by atoms with Crippen LogP contribution in [0.2, 0.25) is 0 Å². The van der Waals surface area contributed by atoms with Crippen molar-refractivity contribution >= 4 is 38.7 Å². The van der Waals surface area contributed by atoms with Crippen molar-refractivity contribution in [3.05, 3.63) is 69.6 Å². The molecule has 1 amide bonds. The van der Waals surface area contributed by atoms with Crippen LogP contribution in [0, 0.1) is 5.82 Å². The van der Waals surface area contributed by atoms with Crippen LogP contribution in [-0.2, 0) is 28.9 Å². The van der Waals surface area contributed by atoms with Crippen molar-refractivity contribution in [1.29, 1.82) is 0 Å². The zero-order chi connectivity index (χ0) is 22.8. The van der Waals surface area contributed by atoms with Crippen LogP contribution >= 0.6 is 15.9 Å². The second-order valence-electron chi connectivity index (χ2n) is 8.36. The summed E-state index contributed by atoms with van der Waals surface area (Å²) in [7, 11) is 0. The molecule has 1 aromatic heterocycles. The molecule has 5 nitrogen and oxygen atoms in total. The predicted molar refractivity (Wildman–Crippen MR) is 125 cm³/mol. The molecule has 7 heteroatoms. The van der Waals surface area contributed by atoms with E-state index in [9.17, 15) is 19.1 Å². The summed E-state index contributed by atoms with van der Waals surface area (Å²) in [6.45, 7) is 1.84. The highest BCUT2D eigenvalue weighted by Gasteiger charge is 2.30. The number of aromatic nitrogens is 1. The van der Waals surface area contributed by atoms with Gasteiger partial charge in [0.2, 0.25) is 5.91 Å². The van der Waals surface area contributed by atoms with Crippen molar-refractivity contribution < 1.29 is 19.1 Å². The van der Waals surface area contributed by atoms with Gasteiger partial charge in [0.25, 0.3) is 0 Å². The summed E-state index contributed by atoms with van der Waals surface area (Å²) in [6.07, 6.45) is 3.44. The molecule has 0 aliphatic heterocycles. The Morgan fingerprint density at radius 3 is 2.81 bits per heavy atom. The Balaban J connectivity index is 1.54. The fourth-order valence-electron chi connectivity index (χ4n) is 4.76. The standard InChI is InChI=1S/C25H26BrFN2O3/c1-2-21(25(31)32)29-22-9-7-17(27)13-19(22)20-14-18(8-10-23(20)29)28-24(30)11-6-15-4-3-5-16(26)12-15/h3-5,7,9,12-13,18,21H,2,6,8,10-11,14H2,1H3,(H,28,30)(H,31,32). The van der Waals surface area contributed by atoms with Crippen LogP contribution in [0.5, 0.6) is 0 Å². The maximum Gasteiger partial charge on any atom is 0.326 e. The van der Waals surface area contributed by atoms with Crippen molar-refractivity contribution in [3.8, 4) is 0 Å². The number of hydrogen-bond acceptors (Lipinski definition) is 2. The molecule has 32 heavy (non-hydrogen) atoms. The van der Waals surface area contributed by atoms with Gasteiger partial charge in [-0.25, -0.2) is 9.18 Å². The largest absolute Gasteiger partial charge is 0.480 e. The van der Waals surface area contributed by atoms with E-state index in [1.54, 1.807) is 6.07 Å². The molecule has 168 valence electrons. The van der Waals surface area contributed by atoms with Gasteiger partial charge in [-0.1, -0.05) is 35.0 Å². The number of aryl methyl sites for hydroxylation is 1. The van der Waals surface area contributed by atoms with Crippen molar-refractivity contribution in [3.63, 3.8) is 0 Å². The zero-order valence-corrected chi connectivity index (χ0v) is 19.5. The number of hydrogen-bond donors (Lipinski definition) is 2. The molecule has 1 aliphatic rings. The molecule has 3 aromatic rings. The van der Waals surface area contributed by atoms with E-state index < -0.39 is 12.0 Å². The van der Waals surface area contributed by atoms with Crippen molar-refractivity contribution in [2.75, 3.05) is 0 Å². The summed E-state index contributed by atoms with van der Waals surface area (Å²) in [5.41, 5.74) is 3.73. The van der Waals surface area contributed by atoms with Gasteiger partial charge in [0.15, 0.2) is 0 Å². The fraction of sp³-hybridized carbons (Fsp3) is 0.360. The van der Waals surface area contributed by atoms with Crippen LogP contribution in [0.1, 0.15) is 49.0 Å². The number of amides is 1. The summed E-state index contributed by atoms with van der Waals surface area (Å²) in [5.74, 6) is -1.24. The number of carbonyl (C=O) groups excluding carboxylic acids is 1. The molecule has 0 saturated heterocycles. The highest BCUT2D eigenvalue weighted by Crippen LogP contribution is 2.36. The SMILES string of the molecule is CCC(C(=O)O)n1c2c(c3cc(F)ccc31)CC(NC(=O)CCc1cccc(Br)c1)CC2. The van der Waals surface area contributed by atoms with E-state index >= 15 is 0 Å². The van der Waals surface area contributed by atoms with Gasteiger partial charge in [-0.15, -0.1) is 0 Å². The number of nitrogens with zero attached hydrogens (tertiary/aromatic N) is 1. The molecular weight excluding hydrogens is 475 g/mol. The Kier molecular flexibility index (Phi) is 6.65. The summed E-state index contributed by atoms with van der Waals surface area (Å²) < 4.78 is 16.9. The summed E-state index contributed by atoms with van der Waals surface area (Å²) in [6, 6.07) is 11.7. The minimum atomic E-state index is -0.889. The van der Waals surface area contributed by atoms with Gasteiger partial charge in [0.1, 0.15) is 11.9 Å².